The number of anilines is 2. The van der Waals surface area contributed by atoms with E-state index in [2.05, 4.69) is 15.3 Å². The molecule has 1 aliphatic heterocycles. The van der Waals surface area contributed by atoms with Crippen LogP contribution in [0.4, 0.5) is 29.2 Å². The van der Waals surface area contributed by atoms with Gasteiger partial charge in [-0.2, -0.15) is 17.6 Å². The van der Waals surface area contributed by atoms with Gasteiger partial charge in [-0.1, -0.05) is 6.07 Å². The maximum Gasteiger partial charge on any atom is 0.416 e. The lowest BCUT2D eigenvalue weighted by atomic mass is 9.93. The van der Waals surface area contributed by atoms with Crippen LogP contribution in [0, 0.1) is 11.7 Å². The number of hydrogen-bond donors (Lipinski definition) is 3. The normalized spacial score (nSPS) is 20.5. The first-order valence-electron chi connectivity index (χ1n) is 12.0. The van der Waals surface area contributed by atoms with Gasteiger partial charge in [0.05, 0.1) is 25.3 Å². The quantitative estimate of drug-likeness (QED) is 0.404. The van der Waals surface area contributed by atoms with Gasteiger partial charge >= 0.3 is 6.18 Å². The Morgan fingerprint density at radius 1 is 1.30 bits per heavy atom. The van der Waals surface area contributed by atoms with Crippen molar-refractivity contribution in [3.8, 4) is 5.75 Å². The van der Waals surface area contributed by atoms with Crippen LogP contribution in [-0.4, -0.2) is 71.3 Å². The third-order valence-electron chi connectivity index (χ3n) is 6.70. The molecule has 1 aromatic carbocycles. The number of rotatable bonds is 10. The molecule has 13 heteroatoms. The third-order valence-corrected chi connectivity index (χ3v) is 6.70. The van der Waals surface area contributed by atoms with E-state index in [9.17, 15) is 23.1 Å². The number of alkyl halides is 3. The number of nitrogens with zero attached hydrogens (tertiary/aromatic N) is 4. The number of benzene rings is 1. The first-order valence-corrected chi connectivity index (χ1v) is 12.0. The predicted octanol–water partition coefficient (Wildman–Crippen LogP) is 2.39. The molecule has 2 heterocycles. The Hall–Kier alpha value is -3.19. The number of nitrogens with two attached hydrogens (primary N) is 1. The van der Waals surface area contributed by atoms with Crippen LogP contribution in [0.2, 0.25) is 0 Å². The highest BCUT2D eigenvalue weighted by atomic mass is 19.4. The van der Waals surface area contributed by atoms with E-state index in [4.69, 9.17) is 10.5 Å². The Kier molecular flexibility index (Phi) is 8.02. The zero-order valence-corrected chi connectivity index (χ0v) is 20.3. The van der Waals surface area contributed by atoms with Crippen LogP contribution < -0.4 is 20.7 Å². The van der Waals surface area contributed by atoms with E-state index in [1.165, 1.54) is 19.5 Å². The summed E-state index contributed by atoms with van der Waals surface area (Å²) < 4.78 is 60.1. The number of likely N-dealkylation sites (tertiary alicyclic amines) is 1. The number of amides is 1. The van der Waals surface area contributed by atoms with Crippen molar-refractivity contribution < 1.29 is 32.2 Å². The third kappa shape index (κ3) is 6.58. The smallest absolute Gasteiger partial charge is 0.416 e. The van der Waals surface area contributed by atoms with Crippen molar-refractivity contribution in [2.24, 2.45) is 11.7 Å². The van der Waals surface area contributed by atoms with Crippen molar-refractivity contribution in [3.63, 3.8) is 0 Å². The van der Waals surface area contributed by atoms with E-state index < -0.39 is 29.6 Å². The molecule has 2 fully saturated rings. The first-order chi connectivity index (χ1) is 17.6. The van der Waals surface area contributed by atoms with Crippen LogP contribution >= 0.6 is 0 Å². The average molecular weight is 527 g/mol. The molecule has 37 heavy (non-hydrogen) atoms. The Morgan fingerprint density at radius 3 is 2.68 bits per heavy atom. The van der Waals surface area contributed by atoms with Gasteiger partial charge < -0.3 is 25.8 Å². The fourth-order valence-electron chi connectivity index (χ4n) is 4.56. The van der Waals surface area contributed by atoms with Crippen molar-refractivity contribution in [1.29, 1.82) is 0 Å². The molecule has 1 amide bonds. The molecule has 9 nitrogen and oxygen atoms in total. The van der Waals surface area contributed by atoms with Crippen LogP contribution in [-0.2, 0) is 17.5 Å². The second-order valence-corrected chi connectivity index (χ2v) is 9.44. The Balaban J connectivity index is 1.47. The number of aliphatic hydroxyl groups is 1. The molecular weight excluding hydrogens is 496 g/mol. The number of methoxy groups -OCH3 is 1. The van der Waals surface area contributed by atoms with E-state index >= 15 is 4.39 Å². The lowest BCUT2D eigenvalue weighted by Gasteiger charge is -2.35. The summed E-state index contributed by atoms with van der Waals surface area (Å²) >= 11 is 0. The maximum atomic E-state index is 15.5. The van der Waals surface area contributed by atoms with Crippen molar-refractivity contribution in [2.75, 3.05) is 43.5 Å². The minimum absolute atomic E-state index is 0.0133. The molecule has 2 unspecified atom stereocenters. The van der Waals surface area contributed by atoms with Gasteiger partial charge in [-0.05, 0) is 37.9 Å². The summed E-state index contributed by atoms with van der Waals surface area (Å²) in [5, 5.41) is 13.4. The lowest BCUT2D eigenvalue weighted by molar-refractivity contribution is -0.137. The van der Waals surface area contributed by atoms with E-state index in [1.807, 2.05) is 0 Å². The SMILES string of the molecule is COc1cc(C(F)(F)F)ccc1CN(c1ncnc(NCC2CCN(CC(N)=O)CC2O)c1F)C1CC1. The highest BCUT2D eigenvalue weighted by Crippen LogP contribution is 2.38. The minimum atomic E-state index is -4.51. The second-order valence-electron chi connectivity index (χ2n) is 9.44. The van der Waals surface area contributed by atoms with Gasteiger partial charge in [0.15, 0.2) is 11.6 Å². The maximum absolute atomic E-state index is 15.5. The molecule has 4 rings (SSSR count). The summed E-state index contributed by atoms with van der Waals surface area (Å²) in [5.74, 6) is -1.25. The van der Waals surface area contributed by atoms with Gasteiger partial charge in [0.1, 0.15) is 12.1 Å². The number of hydrogen-bond acceptors (Lipinski definition) is 8. The summed E-state index contributed by atoms with van der Waals surface area (Å²) in [4.78, 5) is 22.8. The van der Waals surface area contributed by atoms with Gasteiger partial charge in [0.25, 0.3) is 0 Å². The van der Waals surface area contributed by atoms with Crippen LogP contribution in [0.15, 0.2) is 24.5 Å². The van der Waals surface area contributed by atoms with E-state index in [0.717, 1.165) is 25.0 Å². The summed E-state index contributed by atoms with van der Waals surface area (Å²) in [5.41, 5.74) is 4.87. The molecule has 1 saturated carbocycles. The number of piperidine rings is 1. The average Bonchev–Trinajstić information content (AvgIpc) is 3.67. The molecule has 0 bridgehead atoms. The van der Waals surface area contributed by atoms with Gasteiger partial charge in [0, 0.05) is 37.2 Å². The van der Waals surface area contributed by atoms with Gasteiger partial charge in [-0.15, -0.1) is 0 Å². The van der Waals surface area contributed by atoms with Gasteiger partial charge in [0.2, 0.25) is 11.7 Å². The zero-order chi connectivity index (χ0) is 26.7. The van der Waals surface area contributed by atoms with Crippen molar-refractivity contribution in [2.45, 2.75) is 44.1 Å². The minimum Gasteiger partial charge on any atom is -0.496 e. The van der Waals surface area contributed by atoms with Crippen LogP contribution in [0.5, 0.6) is 5.75 Å². The van der Waals surface area contributed by atoms with E-state index in [0.29, 0.717) is 18.5 Å². The molecule has 1 aromatic heterocycles. The lowest BCUT2D eigenvalue weighted by Crippen LogP contribution is -2.48. The van der Waals surface area contributed by atoms with Gasteiger partial charge in [-0.3, -0.25) is 9.69 Å². The second kappa shape index (κ2) is 11.1. The zero-order valence-electron chi connectivity index (χ0n) is 20.3. The van der Waals surface area contributed by atoms with Crippen molar-refractivity contribution >= 4 is 17.5 Å². The highest BCUT2D eigenvalue weighted by Gasteiger charge is 2.35. The standard InChI is InChI=1S/C24H30F4N6O3/c1-37-19-8-16(24(26,27)28)3-2-15(19)10-34(17-4-5-17)23-21(25)22(31-13-32-23)30-9-14-6-7-33(11-18(14)35)12-20(29)36/h2-3,8,13-14,17-18,35H,4-7,9-12H2,1H3,(H2,29,36)(H,30,31,32). The van der Waals surface area contributed by atoms with Crippen LogP contribution in [0.25, 0.3) is 0 Å². The van der Waals surface area contributed by atoms with Crippen LogP contribution in [0.3, 0.4) is 0 Å². The van der Waals surface area contributed by atoms with Gasteiger partial charge in [-0.25, -0.2) is 9.97 Å². The molecule has 2 aromatic rings. The number of primary amides is 1. The number of aromatic nitrogens is 2. The van der Waals surface area contributed by atoms with E-state index in [-0.39, 0.29) is 55.5 Å². The Labute approximate surface area is 211 Å². The largest absolute Gasteiger partial charge is 0.496 e. The highest BCUT2D eigenvalue weighted by molar-refractivity contribution is 5.75. The number of carbonyl (C=O) groups is 1. The fraction of sp³-hybridized carbons (Fsp3) is 0.542. The molecule has 0 spiro atoms. The predicted molar refractivity (Wildman–Crippen MR) is 127 cm³/mol. The summed E-state index contributed by atoms with van der Waals surface area (Å²) in [7, 11) is 1.29. The first kappa shape index (κ1) is 26.9. The molecule has 2 aliphatic rings. The van der Waals surface area contributed by atoms with Crippen molar-refractivity contribution in [1.82, 2.24) is 14.9 Å². The Bertz CT molecular complexity index is 1110. The Morgan fingerprint density at radius 2 is 2.05 bits per heavy atom. The van der Waals surface area contributed by atoms with E-state index in [1.54, 1.807) is 9.80 Å². The fourth-order valence-corrected chi connectivity index (χ4v) is 4.56. The summed E-state index contributed by atoms with van der Waals surface area (Å²) in [6.45, 7) is 1.30. The number of halogens is 4. The molecule has 1 aliphatic carbocycles. The van der Waals surface area contributed by atoms with Crippen LogP contribution in [0.1, 0.15) is 30.4 Å². The summed E-state index contributed by atoms with van der Waals surface area (Å²) in [6, 6.07) is 3.23. The molecular formula is C24H30F4N6O3. The molecule has 202 valence electrons. The number of carbonyl (C=O) groups excluding carboxylic acids is 1. The number of aliphatic hydroxyl groups excluding tert-OH is 1. The number of ether oxygens (including phenoxy) is 1. The number of β-amino-alcohol motifs (C(OH)–C–C–N with tert-alkyl or cyclic N) is 1. The molecule has 1 saturated heterocycles. The summed E-state index contributed by atoms with van der Waals surface area (Å²) in [6.07, 6.45) is -1.82. The molecule has 4 N–H and O–H groups in total. The number of nitrogens with one attached hydrogen (secondary N) is 1. The van der Waals surface area contributed by atoms with Crippen molar-refractivity contribution in [3.05, 3.63) is 41.5 Å². The molecule has 2 atom stereocenters. The molecule has 0 radical (unpaired) electrons. The topological polar surface area (TPSA) is 117 Å². The monoisotopic (exact) mass is 526 g/mol.